The molecule has 2 heterocycles. The van der Waals surface area contributed by atoms with E-state index in [0.717, 1.165) is 49.9 Å². The lowest BCUT2D eigenvalue weighted by atomic mass is 9.88. The molecule has 6 heteroatoms. The molecule has 0 radical (unpaired) electrons. The van der Waals surface area contributed by atoms with Crippen LogP contribution in [0.5, 0.6) is 0 Å². The molecule has 0 aliphatic carbocycles. The molecule has 0 fully saturated rings. The summed E-state index contributed by atoms with van der Waals surface area (Å²) >= 11 is 6.09. The lowest BCUT2D eigenvalue weighted by Crippen LogP contribution is -2.05. The molecule has 1 N–H and O–H groups in total. The minimum atomic E-state index is -0.857. The zero-order chi connectivity index (χ0) is 21.5. The van der Waals surface area contributed by atoms with Gasteiger partial charge in [-0.05, 0) is 58.1 Å². The summed E-state index contributed by atoms with van der Waals surface area (Å²) in [5.41, 5.74) is 6.15. The van der Waals surface area contributed by atoms with Crippen molar-refractivity contribution in [2.24, 2.45) is 0 Å². The minimum Gasteiger partial charge on any atom is -0.481 e. The Labute approximate surface area is 183 Å². The monoisotopic (exact) mass is 427 g/mol. The summed E-state index contributed by atoms with van der Waals surface area (Å²) in [6.45, 7) is 1.96. The zero-order valence-electron chi connectivity index (χ0n) is 16.7. The fourth-order valence-corrected chi connectivity index (χ4v) is 4.25. The predicted molar refractivity (Wildman–Crippen MR) is 122 cm³/mol. The van der Waals surface area contributed by atoms with Crippen LogP contribution in [0.4, 0.5) is 0 Å². The Morgan fingerprint density at radius 2 is 1.71 bits per heavy atom. The summed E-state index contributed by atoms with van der Waals surface area (Å²) < 4.78 is 1.94. The standard InChI is InChI=1S/C25H18ClN3O2/c1-15-12-18-13-17(24-25-28-9-11-29(25)10-8-27-24)4-7-20(18)23(21(15)14-22(30)31)16-2-5-19(26)6-3-16/h2-13H,14H2,1H3,(H,30,31). The number of rotatable bonds is 4. The van der Waals surface area contributed by atoms with Crippen molar-refractivity contribution in [3.05, 3.63) is 89.5 Å². The van der Waals surface area contributed by atoms with Crippen molar-refractivity contribution in [2.45, 2.75) is 13.3 Å². The molecule has 0 saturated heterocycles. The van der Waals surface area contributed by atoms with Crippen LogP contribution in [0.1, 0.15) is 11.1 Å². The molecule has 0 aliphatic heterocycles. The zero-order valence-corrected chi connectivity index (χ0v) is 17.5. The van der Waals surface area contributed by atoms with Gasteiger partial charge in [0.1, 0.15) is 5.69 Å². The molecule has 0 spiro atoms. The van der Waals surface area contributed by atoms with Gasteiger partial charge in [0.2, 0.25) is 0 Å². The van der Waals surface area contributed by atoms with Crippen molar-refractivity contribution < 1.29 is 9.90 Å². The number of halogens is 1. The van der Waals surface area contributed by atoms with Crippen LogP contribution in [0.15, 0.2) is 73.3 Å². The van der Waals surface area contributed by atoms with E-state index in [1.165, 1.54) is 0 Å². The number of benzene rings is 3. The van der Waals surface area contributed by atoms with Gasteiger partial charge in [0, 0.05) is 35.4 Å². The number of aryl methyl sites for hydroxylation is 1. The summed E-state index contributed by atoms with van der Waals surface area (Å²) in [4.78, 5) is 20.6. The molecule has 5 aromatic rings. The largest absolute Gasteiger partial charge is 0.481 e. The summed E-state index contributed by atoms with van der Waals surface area (Å²) in [7, 11) is 0. The Hall–Kier alpha value is -3.70. The fourth-order valence-electron chi connectivity index (χ4n) is 4.12. The molecule has 0 amide bonds. The summed E-state index contributed by atoms with van der Waals surface area (Å²) in [5.74, 6) is -0.857. The second-order valence-corrected chi connectivity index (χ2v) is 7.93. The maximum atomic E-state index is 11.6. The van der Waals surface area contributed by atoms with Crippen molar-refractivity contribution >= 4 is 34.0 Å². The Bertz CT molecular complexity index is 1460. The number of hydrogen-bond acceptors (Lipinski definition) is 3. The third-order valence-corrected chi connectivity index (χ3v) is 5.77. The van der Waals surface area contributed by atoms with E-state index in [1.807, 2.05) is 66.2 Å². The number of hydrogen-bond donors (Lipinski definition) is 1. The number of imidazole rings is 1. The molecule has 31 heavy (non-hydrogen) atoms. The van der Waals surface area contributed by atoms with E-state index in [2.05, 4.69) is 16.0 Å². The maximum Gasteiger partial charge on any atom is 0.307 e. The quantitative estimate of drug-likeness (QED) is 0.393. The van der Waals surface area contributed by atoms with E-state index < -0.39 is 5.97 Å². The molecule has 152 valence electrons. The summed E-state index contributed by atoms with van der Waals surface area (Å²) in [6.07, 6.45) is 7.23. The molecule has 5 rings (SSSR count). The third kappa shape index (κ3) is 3.43. The average molecular weight is 428 g/mol. The van der Waals surface area contributed by atoms with Crippen LogP contribution in [0.3, 0.4) is 0 Å². The molecule has 2 aromatic heterocycles. The highest BCUT2D eigenvalue weighted by Gasteiger charge is 2.17. The second kappa shape index (κ2) is 7.52. The van der Waals surface area contributed by atoms with Crippen molar-refractivity contribution in [3.63, 3.8) is 0 Å². The van der Waals surface area contributed by atoms with Crippen molar-refractivity contribution in [2.75, 3.05) is 0 Å². The van der Waals surface area contributed by atoms with Gasteiger partial charge < -0.3 is 9.51 Å². The number of carboxylic acids is 1. The first-order valence-electron chi connectivity index (χ1n) is 9.83. The SMILES string of the molecule is Cc1cc2cc(-c3nccn4ccnc34)ccc2c(-c2ccc(Cl)cc2)c1CC(=O)O. The third-order valence-electron chi connectivity index (χ3n) is 5.52. The Morgan fingerprint density at radius 3 is 2.45 bits per heavy atom. The van der Waals surface area contributed by atoms with Gasteiger partial charge in [-0.25, -0.2) is 4.98 Å². The first kappa shape index (κ1) is 19.3. The number of aromatic nitrogens is 3. The van der Waals surface area contributed by atoms with Crippen LogP contribution >= 0.6 is 11.6 Å². The smallest absolute Gasteiger partial charge is 0.307 e. The minimum absolute atomic E-state index is 0.0452. The van der Waals surface area contributed by atoms with Crippen molar-refractivity contribution in [1.82, 2.24) is 14.4 Å². The molecule has 0 aliphatic rings. The Balaban J connectivity index is 1.77. The van der Waals surface area contributed by atoms with E-state index >= 15 is 0 Å². The summed E-state index contributed by atoms with van der Waals surface area (Å²) in [6, 6.07) is 15.7. The molecule has 0 atom stereocenters. The van der Waals surface area contributed by atoms with Crippen LogP contribution in [0.2, 0.25) is 5.02 Å². The average Bonchev–Trinajstić information content (AvgIpc) is 3.23. The number of nitrogens with zero attached hydrogens (tertiary/aromatic N) is 3. The molecular weight excluding hydrogens is 410 g/mol. The molecule has 5 nitrogen and oxygen atoms in total. The van der Waals surface area contributed by atoms with Gasteiger partial charge in [0.15, 0.2) is 5.65 Å². The Morgan fingerprint density at radius 1 is 1.00 bits per heavy atom. The van der Waals surface area contributed by atoms with Crippen molar-refractivity contribution in [1.29, 1.82) is 0 Å². The van der Waals surface area contributed by atoms with E-state index in [1.54, 1.807) is 12.4 Å². The van der Waals surface area contributed by atoms with Gasteiger partial charge in [-0.1, -0.05) is 41.9 Å². The van der Waals surface area contributed by atoms with Gasteiger partial charge >= 0.3 is 5.97 Å². The van der Waals surface area contributed by atoms with Gasteiger partial charge in [-0.3, -0.25) is 9.78 Å². The first-order chi connectivity index (χ1) is 15.0. The van der Waals surface area contributed by atoms with E-state index in [-0.39, 0.29) is 6.42 Å². The first-order valence-corrected chi connectivity index (χ1v) is 10.2. The van der Waals surface area contributed by atoms with Gasteiger partial charge in [-0.15, -0.1) is 0 Å². The number of carbonyl (C=O) groups is 1. The lowest BCUT2D eigenvalue weighted by Gasteiger charge is -2.17. The predicted octanol–water partition coefficient (Wildman–Crippen LogP) is 5.81. The van der Waals surface area contributed by atoms with Crippen LogP contribution in [0.25, 0.3) is 38.8 Å². The second-order valence-electron chi connectivity index (χ2n) is 7.49. The van der Waals surface area contributed by atoms with Crippen molar-refractivity contribution in [3.8, 4) is 22.4 Å². The molecule has 0 bridgehead atoms. The maximum absolute atomic E-state index is 11.6. The molecule has 3 aromatic carbocycles. The summed E-state index contributed by atoms with van der Waals surface area (Å²) in [5, 5.41) is 12.2. The van der Waals surface area contributed by atoms with Gasteiger partial charge in [0.05, 0.1) is 6.42 Å². The number of carboxylic acid groups (broad SMARTS) is 1. The van der Waals surface area contributed by atoms with E-state index in [4.69, 9.17) is 11.6 Å². The number of fused-ring (bicyclic) bond motifs is 2. The van der Waals surface area contributed by atoms with Crippen LogP contribution in [0, 0.1) is 6.92 Å². The van der Waals surface area contributed by atoms with Crippen LogP contribution in [-0.2, 0) is 11.2 Å². The van der Waals surface area contributed by atoms with Gasteiger partial charge in [0.25, 0.3) is 0 Å². The Kier molecular flexibility index (Phi) is 4.68. The topological polar surface area (TPSA) is 67.5 Å². The van der Waals surface area contributed by atoms with Crippen LogP contribution < -0.4 is 0 Å². The van der Waals surface area contributed by atoms with E-state index in [0.29, 0.717) is 5.02 Å². The van der Waals surface area contributed by atoms with E-state index in [9.17, 15) is 9.90 Å². The van der Waals surface area contributed by atoms with Crippen LogP contribution in [-0.4, -0.2) is 25.4 Å². The highest BCUT2D eigenvalue weighted by molar-refractivity contribution is 6.30. The fraction of sp³-hybridized carbons (Fsp3) is 0.0800. The molecular formula is C25H18ClN3O2. The molecule has 0 saturated carbocycles. The highest BCUT2D eigenvalue weighted by atomic mass is 35.5. The van der Waals surface area contributed by atoms with Gasteiger partial charge in [-0.2, -0.15) is 0 Å². The normalized spacial score (nSPS) is 11.3. The molecule has 0 unspecified atom stereocenters. The lowest BCUT2D eigenvalue weighted by molar-refractivity contribution is -0.136. The highest BCUT2D eigenvalue weighted by Crippen LogP contribution is 2.37. The number of aliphatic carboxylic acids is 1.